The highest BCUT2D eigenvalue weighted by atomic mass is 19.1. The Bertz CT molecular complexity index is 1290. The lowest BCUT2D eigenvalue weighted by atomic mass is 10.0. The van der Waals surface area contributed by atoms with E-state index in [4.69, 9.17) is 5.73 Å². The van der Waals surface area contributed by atoms with Gasteiger partial charge in [0.15, 0.2) is 11.5 Å². The second-order valence-electron chi connectivity index (χ2n) is 7.96. The molecule has 1 saturated carbocycles. The zero-order valence-corrected chi connectivity index (χ0v) is 17.3. The second-order valence-corrected chi connectivity index (χ2v) is 7.96. The van der Waals surface area contributed by atoms with Gasteiger partial charge in [0, 0.05) is 22.7 Å². The Morgan fingerprint density at radius 3 is 2.56 bits per heavy atom. The first kappa shape index (κ1) is 20.1. The molecule has 2 heterocycles. The quantitative estimate of drug-likeness (QED) is 0.498. The summed E-state index contributed by atoms with van der Waals surface area (Å²) >= 11 is 0. The van der Waals surface area contributed by atoms with Gasteiger partial charge in [-0.1, -0.05) is 42.5 Å². The number of alkyl halides is 1. The smallest absolute Gasteiger partial charge is 0.274 e. The average Bonchev–Trinajstić information content (AvgIpc) is 3.23. The zero-order chi connectivity index (χ0) is 22.1. The van der Waals surface area contributed by atoms with Crippen molar-refractivity contribution in [3.63, 3.8) is 0 Å². The van der Waals surface area contributed by atoms with Crippen molar-refractivity contribution in [2.24, 2.45) is 0 Å². The topological polar surface area (TPSA) is 93.8 Å². The van der Waals surface area contributed by atoms with E-state index in [2.05, 4.69) is 20.3 Å². The normalized spacial score (nSPS) is 18.0. The van der Waals surface area contributed by atoms with Crippen LogP contribution in [0.25, 0.3) is 33.4 Å². The molecule has 32 heavy (non-hydrogen) atoms. The number of fused-ring (bicyclic) bond motifs is 1. The first-order valence-corrected chi connectivity index (χ1v) is 10.6. The van der Waals surface area contributed by atoms with E-state index in [9.17, 15) is 9.18 Å². The Morgan fingerprint density at radius 2 is 1.78 bits per heavy atom. The van der Waals surface area contributed by atoms with Crippen molar-refractivity contribution in [3.05, 3.63) is 72.6 Å². The van der Waals surface area contributed by atoms with Crippen LogP contribution in [0, 0.1) is 0 Å². The summed E-state index contributed by atoms with van der Waals surface area (Å²) in [6, 6.07) is 18.6. The highest BCUT2D eigenvalue weighted by Crippen LogP contribution is 2.32. The van der Waals surface area contributed by atoms with Crippen LogP contribution in [0.1, 0.15) is 29.8 Å². The summed E-state index contributed by atoms with van der Waals surface area (Å²) in [6.45, 7) is 0. The summed E-state index contributed by atoms with van der Waals surface area (Å²) in [5, 5.41) is 3.69. The number of nitrogen functional groups attached to an aromatic ring is 1. The highest BCUT2D eigenvalue weighted by molar-refractivity contribution is 5.98. The molecule has 6 nitrogen and oxygen atoms in total. The van der Waals surface area contributed by atoms with Crippen molar-refractivity contribution in [3.8, 4) is 22.5 Å². The summed E-state index contributed by atoms with van der Waals surface area (Å²) in [7, 11) is 0. The molecule has 2 unspecified atom stereocenters. The van der Waals surface area contributed by atoms with Gasteiger partial charge in [-0.05, 0) is 37.5 Å². The number of nitrogens with two attached hydrogens (primary N) is 1. The largest absolute Gasteiger partial charge is 0.382 e. The van der Waals surface area contributed by atoms with Crippen LogP contribution in [-0.2, 0) is 0 Å². The van der Waals surface area contributed by atoms with Crippen LogP contribution < -0.4 is 11.1 Å². The molecule has 2 atom stereocenters. The maximum absolute atomic E-state index is 14.1. The third kappa shape index (κ3) is 3.77. The Labute approximate surface area is 184 Å². The number of benzene rings is 2. The number of halogens is 1. The van der Waals surface area contributed by atoms with Gasteiger partial charge >= 0.3 is 0 Å². The monoisotopic (exact) mass is 427 g/mol. The molecule has 0 aliphatic heterocycles. The van der Waals surface area contributed by atoms with Crippen LogP contribution in [0.5, 0.6) is 0 Å². The summed E-state index contributed by atoms with van der Waals surface area (Å²) in [6.07, 6.45) is 2.49. The van der Waals surface area contributed by atoms with E-state index in [0.29, 0.717) is 24.2 Å². The van der Waals surface area contributed by atoms with Crippen molar-refractivity contribution in [1.82, 2.24) is 20.3 Å². The van der Waals surface area contributed by atoms with Gasteiger partial charge in [0.05, 0.1) is 22.9 Å². The number of rotatable bonds is 4. The lowest BCUT2D eigenvalue weighted by molar-refractivity contribution is 0.0915. The van der Waals surface area contributed by atoms with Crippen LogP contribution in [0.15, 0.2) is 66.9 Å². The predicted octanol–water partition coefficient (Wildman–Crippen LogP) is 4.56. The van der Waals surface area contributed by atoms with Crippen molar-refractivity contribution in [2.75, 3.05) is 5.73 Å². The lowest BCUT2D eigenvalue weighted by Crippen LogP contribution is -2.39. The Balaban J connectivity index is 1.63. The van der Waals surface area contributed by atoms with E-state index < -0.39 is 18.1 Å². The summed E-state index contributed by atoms with van der Waals surface area (Å²) in [5.41, 5.74) is 9.76. The first-order valence-electron chi connectivity index (χ1n) is 10.6. The summed E-state index contributed by atoms with van der Waals surface area (Å²) in [5.74, 6) is -0.492. The molecule has 0 spiro atoms. The van der Waals surface area contributed by atoms with Gasteiger partial charge in [-0.3, -0.25) is 9.78 Å². The molecule has 2 aromatic carbocycles. The average molecular weight is 427 g/mol. The number of pyridine rings is 1. The molecule has 7 heteroatoms. The van der Waals surface area contributed by atoms with Gasteiger partial charge in [-0.2, -0.15) is 0 Å². The molecule has 2 aromatic heterocycles. The van der Waals surface area contributed by atoms with Crippen LogP contribution in [0.4, 0.5) is 10.2 Å². The molecule has 5 rings (SSSR count). The van der Waals surface area contributed by atoms with Gasteiger partial charge in [-0.25, -0.2) is 14.4 Å². The van der Waals surface area contributed by atoms with E-state index in [1.54, 1.807) is 6.20 Å². The minimum atomic E-state index is -1.05. The zero-order valence-electron chi connectivity index (χ0n) is 17.3. The molecule has 3 N–H and O–H groups in total. The highest BCUT2D eigenvalue weighted by Gasteiger charge is 2.30. The van der Waals surface area contributed by atoms with E-state index in [1.807, 2.05) is 60.7 Å². The van der Waals surface area contributed by atoms with E-state index >= 15 is 0 Å². The SMILES string of the molecule is Nc1nc(-c2ccccc2)c(-c2ccc3ncccc3c2)nc1C(=O)NC1CCCC1F. The van der Waals surface area contributed by atoms with Crippen molar-refractivity contribution >= 4 is 22.6 Å². The van der Waals surface area contributed by atoms with Crippen LogP contribution in [0.3, 0.4) is 0 Å². The molecular formula is C25H22FN5O. The minimum Gasteiger partial charge on any atom is -0.382 e. The Morgan fingerprint density at radius 1 is 0.969 bits per heavy atom. The number of nitrogens with one attached hydrogen (secondary N) is 1. The van der Waals surface area contributed by atoms with Crippen LogP contribution >= 0.6 is 0 Å². The summed E-state index contributed by atoms with van der Waals surface area (Å²) in [4.78, 5) is 26.5. The Hall–Kier alpha value is -3.87. The van der Waals surface area contributed by atoms with Gasteiger partial charge in [0.1, 0.15) is 6.17 Å². The van der Waals surface area contributed by atoms with Gasteiger partial charge < -0.3 is 11.1 Å². The standard InChI is InChI=1S/C25H22FN5O/c26-18-9-4-10-20(18)29-25(32)23-24(27)31-21(15-6-2-1-3-7-15)22(30-23)17-11-12-19-16(14-17)8-5-13-28-19/h1-3,5-8,11-14,18,20H,4,9-10H2,(H2,27,31)(H,29,32). The molecule has 0 saturated heterocycles. The molecular weight excluding hydrogens is 405 g/mol. The van der Waals surface area contributed by atoms with Crippen LogP contribution in [0.2, 0.25) is 0 Å². The van der Waals surface area contributed by atoms with Crippen LogP contribution in [-0.4, -0.2) is 33.1 Å². The van der Waals surface area contributed by atoms with Gasteiger partial charge in [0.2, 0.25) is 0 Å². The third-order valence-electron chi connectivity index (χ3n) is 5.81. The molecule has 1 aliphatic carbocycles. The molecule has 0 bridgehead atoms. The number of hydrogen-bond donors (Lipinski definition) is 2. The molecule has 4 aromatic rings. The maximum Gasteiger partial charge on any atom is 0.274 e. The number of carbonyl (C=O) groups excluding carboxylic acids is 1. The number of amides is 1. The van der Waals surface area contributed by atoms with Crippen molar-refractivity contribution in [2.45, 2.75) is 31.5 Å². The van der Waals surface area contributed by atoms with Crippen molar-refractivity contribution in [1.29, 1.82) is 0 Å². The molecule has 1 fully saturated rings. The first-order chi connectivity index (χ1) is 15.6. The fourth-order valence-corrected chi connectivity index (χ4v) is 4.15. The van der Waals surface area contributed by atoms with Crippen molar-refractivity contribution < 1.29 is 9.18 Å². The fraction of sp³-hybridized carbons (Fsp3) is 0.200. The summed E-state index contributed by atoms with van der Waals surface area (Å²) < 4.78 is 14.1. The van der Waals surface area contributed by atoms with E-state index in [1.165, 1.54) is 0 Å². The van der Waals surface area contributed by atoms with Gasteiger partial charge in [-0.15, -0.1) is 0 Å². The van der Waals surface area contributed by atoms with E-state index in [-0.39, 0.29) is 11.5 Å². The lowest BCUT2D eigenvalue weighted by Gasteiger charge is -2.17. The molecule has 1 aliphatic rings. The third-order valence-corrected chi connectivity index (χ3v) is 5.81. The minimum absolute atomic E-state index is 0.00469. The second kappa shape index (κ2) is 8.34. The van der Waals surface area contributed by atoms with E-state index in [0.717, 1.165) is 28.5 Å². The molecule has 0 radical (unpaired) electrons. The van der Waals surface area contributed by atoms with Gasteiger partial charge in [0.25, 0.3) is 5.91 Å². The molecule has 1 amide bonds. The number of hydrogen-bond acceptors (Lipinski definition) is 5. The predicted molar refractivity (Wildman–Crippen MR) is 123 cm³/mol. The maximum atomic E-state index is 14.1. The number of anilines is 1. The molecule has 160 valence electrons. The number of aromatic nitrogens is 3. The number of carbonyl (C=O) groups is 1. The Kier molecular flexibility index (Phi) is 5.23. The number of nitrogens with zero attached hydrogens (tertiary/aromatic N) is 3. The fourth-order valence-electron chi connectivity index (χ4n) is 4.15.